The summed E-state index contributed by atoms with van der Waals surface area (Å²) in [5.41, 5.74) is 0.972. The van der Waals surface area contributed by atoms with Gasteiger partial charge >= 0.3 is 0 Å². The molecule has 5 heteroatoms. The molecule has 0 radical (unpaired) electrons. The number of hydrogen-bond acceptors (Lipinski definition) is 3. The van der Waals surface area contributed by atoms with Crippen molar-refractivity contribution >= 4 is 34.2 Å². The van der Waals surface area contributed by atoms with Crippen molar-refractivity contribution in [3.8, 4) is 0 Å². The molecular formula is C12H16ClIN2O. The van der Waals surface area contributed by atoms with Crippen molar-refractivity contribution in [2.24, 2.45) is 0 Å². The van der Waals surface area contributed by atoms with Crippen LogP contribution in [0.25, 0.3) is 0 Å². The van der Waals surface area contributed by atoms with Gasteiger partial charge in [0.2, 0.25) is 0 Å². The maximum absolute atomic E-state index is 6.19. The zero-order valence-electron chi connectivity index (χ0n) is 10.3. The van der Waals surface area contributed by atoms with Crippen LogP contribution in [0.2, 0.25) is 5.15 Å². The van der Waals surface area contributed by atoms with Crippen LogP contribution < -0.4 is 0 Å². The van der Waals surface area contributed by atoms with Crippen LogP contribution in [0.15, 0.2) is 0 Å². The molecule has 1 aliphatic rings. The summed E-state index contributed by atoms with van der Waals surface area (Å²) in [6, 6.07) is 0. The van der Waals surface area contributed by atoms with Crippen molar-refractivity contribution in [2.45, 2.75) is 45.1 Å². The van der Waals surface area contributed by atoms with E-state index in [1.54, 1.807) is 0 Å². The number of ether oxygens (including phenoxy) is 1. The average molecular weight is 367 g/mol. The van der Waals surface area contributed by atoms with E-state index in [9.17, 15) is 0 Å². The van der Waals surface area contributed by atoms with Gasteiger partial charge < -0.3 is 4.74 Å². The molecule has 17 heavy (non-hydrogen) atoms. The fraction of sp³-hybridized carbons (Fsp3) is 0.667. The smallest absolute Gasteiger partial charge is 0.159 e. The first-order chi connectivity index (χ1) is 7.89. The minimum atomic E-state index is -0.0313. The highest BCUT2D eigenvalue weighted by Crippen LogP contribution is 2.33. The van der Waals surface area contributed by atoms with Gasteiger partial charge in [-0.3, -0.25) is 0 Å². The molecule has 3 nitrogen and oxygen atoms in total. The van der Waals surface area contributed by atoms with Crippen molar-refractivity contribution in [3.05, 3.63) is 20.2 Å². The van der Waals surface area contributed by atoms with Crippen LogP contribution in [0.4, 0.5) is 0 Å². The van der Waals surface area contributed by atoms with Crippen molar-refractivity contribution in [2.75, 3.05) is 6.61 Å². The minimum absolute atomic E-state index is 0.0191. The summed E-state index contributed by atoms with van der Waals surface area (Å²) >= 11 is 8.40. The quantitative estimate of drug-likeness (QED) is 0.559. The van der Waals surface area contributed by atoms with Crippen LogP contribution in [-0.2, 0) is 10.2 Å². The first-order valence-electron chi connectivity index (χ1n) is 5.74. The van der Waals surface area contributed by atoms with Crippen molar-refractivity contribution in [3.63, 3.8) is 0 Å². The van der Waals surface area contributed by atoms with E-state index in [1.165, 1.54) is 0 Å². The number of nitrogens with zero attached hydrogens (tertiary/aromatic N) is 2. The van der Waals surface area contributed by atoms with Crippen molar-refractivity contribution in [1.29, 1.82) is 0 Å². The van der Waals surface area contributed by atoms with Crippen LogP contribution in [0.1, 0.15) is 51.2 Å². The predicted molar refractivity (Wildman–Crippen MR) is 76.4 cm³/mol. The summed E-state index contributed by atoms with van der Waals surface area (Å²) in [6.45, 7) is 7.19. The Morgan fingerprint density at radius 1 is 1.35 bits per heavy atom. The van der Waals surface area contributed by atoms with E-state index in [1.807, 2.05) is 0 Å². The molecule has 2 heterocycles. The van der Waals surface area contributed by atoms with E-state index in [0.29, 0.717) is 5.15 Å². The third kappa shape index (κ3) is 2.90. The highest BCUT2D eigenvalue weighted by atomic mass is 127. The predicted octanol–water partition coefficient (Wildman–Crippen LogP) is 3.88. The van der Waals surface area contributed by atoms with Crippen molar-refractivity contribution in [1.82, 2.24) is 9.97 Å². The van der Waals surface area contributed by atoms with Crippen LogP contribution in [0, 0.1) is 3.57 Å². The van der Waals surface area contributed by atoms with Crippen molar-refractivity contribution < 1.29 is 4.74 Å². The zero-order valence-corrected chi connectivity index (χ0v) is 13.2. The van der Waals surface area contributed by atoms with Gasteiger partial charge in [-0.15, -0.1) is 0 Å². The van der Waals surface area contributed by atoms with Gasteiger partial charge in [-0.1, -0.05) is 32.4 Å². The maximum atomic E-state index is 6.19. The second-order valence-electron chi connectivity index (χ2n) is 5.29. The van der Waals surface area contributed by atoms with Gasteiger partial charge in [-0.25, -0.2) is 9.97 Å². The molecular weight excluding hydrogens is 351 g/mol. The Morgan fingerprint density at radius 2 is 2.06 bits per heavy atom. The molecule has 2 rings (SSSR count). The largest absolute Gasteiger partial charge is 0.370 e. The molecule has 1 aromatic heterocycles. The molecule has 1 saturated heterocycles. The number of halogens is 2. The van der Waals surface area contributed by atoms with Gasteiger partial charge in [0.15, 0.2) is 5.82 Å². The van der Waals surface area contributed by atoms with Crippen LogP contribution in [0.5, 0.6) is 0 Å². The summed E-state index contributed by atoms with van der Waals surface area (Å²) in [4.78, 5) is 9.01. The van der Waals surface area contributed by atoms with Gasteiger partial charge in [-0.05, 0) is 35.4 Å². The van der Waals surface area contributed by atoms with Gasteiger partial charge in [0.1, 0.15) is 11.3 Å². The first-order valence-corrected chi connectivity index (χ1v) is 7.20. The van der Waals surface area contributed by atoms with Gasteiger partial charge in [0, 0.05) is 12.0 Å². The Bertz CT molecular complexity index is 425. The molecule has 0 aliphatic carbocycles. The Labute approximate surface area is 120 Å². The lowest BCUT2D eigenvalue weighted by molar-refractivity contribution is 0.104. The fourth-order valence-electron chi connectivity index (χ4n) is 1.86. The molecule has 0 bridgehead atoms. The third-order valence-corrected chi connectivity index (χ3v) is 4.37. The molecule has 94 valence electrons. The summed E-state index contributed by atoms with van der Waals surface area (Å²) in [7, 11) is 0. The Balaban J connectivity index is 2.45. The van der Waals surface area contributed by atoms with E-state index in [0.717, 1.165) is 34.5 Å². The molecule has 1 atom stereocenters. The molecule has 1 aromatic rings. The Morgan fingerprint density at radius 3 is 2.59 bits per heavy atom. The highest BCUT2D eigenvalue weighted by Gasteiger charge is 2.27. The monoisotopic (exact) mass is 366 g/mol. The molecule has 1 unspecified atom stereocenters. The lowest BCUT2D eigenvalue weighted by Gasteiger charge is -2.21. The van der Waals surface area contributed by atoms with E-state index in [4.69, 9.17) is 16.3 Å². The molecule has 0 spiro atoms. The minimum Gasteiger partial charge on any atom is -0.370 e. The third-order valence-electron chi connectivity index (χ3n) is 2.76. The molecule has 0 aromatic carbocycles. The first kappa shape index (κ1) is 13.5. The Kier molecular flexibility index (Phi) is 3.95. The molecule has 1 fully saturated rings. The topological polar surface area (TPSA) is 35.0 Å². The number of rotatable bonds is 1. The molecule has 0 amide bonds. The van der Waals surface area contributed by atoms with E-state index >= 15 is 0 Å². The number of aromatic nitrogens is 2. The molecule has 1 aliphatic heterocycles. The summed E-state index contributed by atoms with van der Waals surface area (Å²) < 4.78 is 6.56. The lowest BCUT2D eigenvalue weighted by atomic mass is 9.92. The van der Waals surface area contributed by atoms with Gasteiger partial charge in [-0.2, -0.15) is 0 Å². The second-order valence-corrected chi connectivity index (χ2v) is 6.72. The zero-order chi connectivity index (χ0) is 12.6. The van der Waals surface area contributed by atoms with E-state index in [-0.39, 0.29) is 11.5 Å². The Hall–Kier alpha value is 0.0600. The standard InChI is InChI=1S/C12H16ClIN2O/c1-12(2,3)9-8(14)10(13)16-11(15-9)7-5-4-6-17-7/h7H,4-6H2,1-3H3. The highest BCUT2D eigenvalue weighted by molar-refractivity contribution is 14.1. The van der Waals surface area contributed by atoms with Gasteiger partial charge in [0.05, 0.1) is 9.26 Å². The maximum Gasteiger partial charge on any atom is 0.159 e. The second kappa shape index (κ2) is 4.97. The normalized spacial score (nSPS) is 20.9. The average Bonchev–Trinajstić information content (AvgIpc) is 2.73. The summed E-state index contributed by atoms with van der Waals surface area (Å²) in [6.07, 6.45) is 2.08. The van der Waals surface area contributed by atoms with Gasteiger partial charge in [0.25, 0.3) is 0 Å². The van der Waals surface area contributed by atoms with Crippen LogP contribution >= 0.6 is 34.2 Å². The molecule has 0 saturated carbocycles. The van der Waals surface area contributed by atoms with Crippen LogP contribution in [0.3, 0.4) is 0 Å². The lowest BCUT2D eigenvalue weighted by Crippen LogP contribution is -2.19. The van der Waals surface area contributed by atoms with Crippen LogP contribution in [-0.4, -0.2) is 16.6 Å². The van der Waals surface area contributed by atoms with E-state index < -0.39 is 0 Å². The SMILES string of the molecule is CC(C)(C)c1nc(C2CCCO2)nc(Cl)c1I. The summed E-state index contributed by atoms with van der Waals surface area (Å²) in [5, 5.41) is 0.538. The number of hydrogen-bond donors (Lipinski definition) is 0. The molecule has 0 N–H and O–H groups in total. The fourth-order valence-corrected chi connectivity index (χ4v) is 3.08. The van der Waals surface area contributed by atoms with E-state index in [2.05, 4.69) is 53.3 Å². The summed E-state index contributed by atoms with van der Waals surface area (Å²) in [5.74, 6) is 0.734.